The standard InChI is InChI=1S/C18H20N2O3/c1-10-5-6-11-8-15(19-14(11)7-10)17(21)20-9-12-3-2-4-13(12)16(20)18(22)23/h5-8,12-13,16,19H,2-4,9H2,1H3,(H,22,23). The van der Waals surface area contributed by atoms with E-state index in [1.165, 1.54) is 0 Å². The normalized spacial score (nSPS) is 26.7. The summed E-state index contributed by atoms with van der Waals surface area (Å²) in [5.41, 5.74) is 2.52. The average Bonchev–Trinajstić information content (AvgIpc) is 3.18. The van der Waals surface area contributed by atoms with Gasteiger partial charge in [0.25, 0.3) is 5.91 Å². The Labute approximate surface area is 134 Å². The molecule has 1 aromatic carbocycles. The Kier molecular flexibility index (Phi) is 3.18. The van der Waals surface area contributed by atoms with Crippen LogP contribution in [0.5, 0.6) is 0 Å². The molecule has 1 aliphatic heterocycles. The second-order valence-corrected chi connectivity index (χ2v) is 6.87. The molecule has 5 heteroatoms. The van der Waals surface area contributed by atoms with Gasteiger partial charge in [0.2, 0.25) is 0 Å². The van der Waals surface area contributed by atoms with Crippen molar-refractivity contribution in [2.45, 2.75) is 32.2 Å². The lowest BCUT2D eigenvalue weighted by Gasteiger charge is -2.23. The van der Waals surface area contributed by atoms with E-state index in [0.717, 1.165) is 35.7 Å². The van der Waals surface area contributed by atoms with Gasteiger partial charge in [-0.15, -0.1) is 0 Å². The van der Waals surface area contributed by atoms with Gasteiger partial charge in [-0.05, 0) is 49.3 Å². The van der Waals surface area contributed by atoms with Crippen LogP contribution in [0, 0.1) is 18.8 Å². The zero-order valence-electron chi connectivity index (χ0n) is 13.1. The largest absolute Gasteiger partial charge is 0.480 e. The number of rotatable bonds is 2. The van der Waals surface area contributed by atoms with Crippen molar-refractivity contribution in [2.24, 2.45) is 11.8 Å². The molecule has 4 rings (SSSR count). The number of carbonyl (C=O) groups is 2. The van der Waals surface area contributed by atoms with E-state index in [2.05, 4.69) is 4.98 Å². The van der Waals surface area contributed by atoms with E-state index in [-0.39, 0.29) is 11.8 Å². The van der Waals surface area contributed by atoms with Gasteiger partial charge in [-0.25, -0.2) is 4.79 Å². The van der Waals surface area contributed by atoms with Crippen LogP contribution in [-0.2, 0) is 4.79 Å². The average molecular weight is 312 g/mol. The highest BCUT2D eigenvalue weighted by Crippen LogP contribution is 2.42. The first kappa shape index (κ1) is 14.3. The number of likely N-dealkylation sites (tertiary alicyclic amines) is 1. The van der Waals surface area contributed by atoms with E-state index < -0.39 is 12.0 Å². The highest BCUT2D eigenvalue weighted by molar-refractivity contribution is 6.00. The molecule has 120 valence electrons. The predicted octanol–water partition coefficient (Wildman–Crippen LogP) is 2.80. The lowest BCUT2D eigenvalue weighted by molar-refractivity contribution is -0.142. The van der Waals surface area contributed by atoms with Gasteiger partial charge < -0.3 is 15.0 Å². The molecule has 2 fully saturated rings. The number of benzene rings is 1. The molecule has 1 saturated heterocycles. The molecule has 23 heavy (non-hydrogen) atoms. The topological polar surface area (TPSA) is 73.4 Å². The van der Waals surface area contributed by atoms with Gasteiger partial charge in [-0.3, -0.25) is 4.79 Å². The first-order valence-corrected chi connectivity index (χ1v) is 8.18. The first-order valence-electron chi connectivity index (χ1n) is 8.18. The fourth-order valence-electron chi connectivity index (χ4n) is 4.34. The number of nitrogens with zero attached hydrogens (tertiary/aromatic N) is 1. The predicted molar refractivity (Wildman–Crippen MR) is 86.3 cm³/mol. The van der Waals surface area contributed by atoms with Crippen LogP contribution >= 0.6 is 0 Å². The smallest absolute Gasteiger partial charge is 0.326 e. The number of amides is 1. The SMILES string of the molecule is Cc1ccc2cc(C(=O)N3CC4CCCC4C3C(=O)O)[nH]c2c1. The van der Waals surface area contributed by atoms with Crippen molar-refractivity contribution in [1.82, 2.24) is 9.88 Å². The molecule has 3 unspecified atom stereocenters. The number of carboxylic acid groups (broad SMARTS) is 1. The number of hydrogen-bond donors (Lipinski definition) is 2. The van der Waals surface area contributed by atoms with Crippen molar-refractivity contribution < 1.29 is 14.7 Å². The minimum absolute atomic E-state index is 0.114. The monoisotopic (exact) mass is 312 g/mol. The molecule has 1 aromatic heterocycles. The van der Waals surface area contributed by atoms with E-state index in [9.17, 15) is 14.7 Å². The second-order valence-electron chi connectivity index (χ2n) is 6.87. The van der Waals surface area contributed by atoms with Crippen LogP contribution in [0.15, 0.2) is 24.3 Å². The van der Waals surface area contributed by atoms with Crippen molar-refractivity contribution in [3.8, 4) is 0 Å². The fraction of sp³-hybridized carbons (Fsp3) is 0.444. The third-order valence-corrected chi connectivity index (χ3v) is 5.41. The maximum absolute atomic E-state index is 12.9. The van der Waals surface area contributed by atoms with Gasteiger partial charge in [0, 0.05) is 17.4 Å². The number of H-pyrrole nitrogens is 1. The minimum atomic E-state index is -0.875. The van der Waals surface area contributed by atoms with Gasteiger partial charge in [0.15, 0.2) is 0 Å². The summed E-state index contributed by atoms with van der Waals surface area (Å²) in [5, 5.41) is 10.6. The molecular formula is C18H20N2O3. The molecule has 0 bridgehead atoms. The Morgan fingerprint density at radius 2 is 2.09 bits per heavy atom. The highest BCUT2D eigenvalue weighted by atomic mass is 16.4. The van der Waals surface area contributed by atoms with E-state index in [1.807, 2.05) is 31.2 Å². The summed E-state index contributed by atoms with van der Waals surface area (Å²) in [6, 6.07) is 7.13. The molecule has 2 N–H and O–H groups in total. The first-order chi connectivity index (χ1) is 11.0. The number of carbonyl (C=O) groups excluding carboxylic acids is 1. The maximum Gasteiger partial charge on any atom is 0.326 e. The lowest BCUT2D eigenvalue weighted by atomic mass is 9.94. The summed E-state index contributed by atoms with van der Waals surface area (Å²) in [4.78, 5) is 29.3. The van der Waals surface area contributed by atoms with Crippen molar-refractivity contribution in [1.29, 1.82) is 0 Å². The van der Waals surface area contributed by atoms with Gasteiger partial charge in [0.1, 0.15) is 11.7 Å². The molecule has 2 heterocycles. The van der Waals surface area contributed by atoms with E-state index >= 15 is 0 Å². The molecule has 3 atom stereocenters. The zero-order valence-corrected chi connectivity index (χ0v) is 13.1. The molecule has 1 aliphatic carbocycles. The number of aryl methyl sites for hydroxylation is 1. The van der Waals surface area contributed by atoms with E-state index in [1.54, 1.807) is 4.90 Å². The van der Waals surface area contributed by atoms with Crippen LogP contribution < -0.4 is 0 Å². The van der Waals surface area contributed by atoms with Gasteiger partial charge in [-0.1, -0.05) is 18.6 Å². The number of nitrogens with one attached hydrogen (secondary N) is 1. The quantitative estimate of drug-likeness (QED) is 0.895. The Hall–Kier alpha value is -2.30. The number of fused-ring (bicyclic) bond motifs is 2. The molecule has 1 amide bonds. The lowest BCUT2D eigenvalue weighted by Crippen LogP contribution is -2.43. The molecule has 1 saturated carbocycles. The summed E-state index contributed by atoms with van der Waals surface area (Å²) in [5.74, 6) is -0.616. The van der Waals surface area contributed by atoms with Crippen LogP contribution in [0.25, 0.3) is 10.9 Å². The van der Waals surface area contributed by atoms with Gasteiger partial charge in [0.05, 0.1) is 0 Å². The van der Waals surface area contributed by atoms with Crippen molar-refractivity contribution in [2.75, 3.05) is 6.54 Å². The fourth-order valence-corrected chi connectivity index (χ4v) is 4.34. The van der Waals surface area contributed by atoms with Crippen LogP contribution in [0.3, 0.4) is 0 Å². The molecule has 2 aliphatic rings. The third-order valence-electron chi connectivity index (χ3n) is 5.41. The Balaban J connectivity index is 1.68. The summed E-state index contributed by atoms with van der Waals surface area (Å²) in [6.45, 7) is 2.57. The van der Waals surface area contributed by atoms with Gasteiger partial charge in [-0.2, -0.15) is 0 Å². The Morgan fingerprint density at radius 3 is 2.87 bits per heavy atom. The maximum atomic E-state index is 12.9. The third kappa shape index (κ3) is 2.22. The summed E-state index contributed by atoms with van der Waals surface area (Å²) < 4.78 is 0. The number of aromatic amines is 1. The Bertz CT molecular complexity index is 795. The number of carboxylic acids is 1. The number of aromatic nitrogens is 1. The van der Waals surface area contributed by atoms with Crippen LogP contribution in [0.4, 0.5) is 0 Å². The van der Waals surface area contributed by atoms with Gasteiger partial charge >= 0.3 is 5.97 Å². The molecule has 5 nitrogen and oxygen atoms in total. The summed E-state index contributed by atoms with van der Waals surface area (Å²) in [6.07, 6.45) is 3.02. The van der Waals surface area contributed by atoms with E-state index in [4.69, 9.17) is 0 Å². The number of aliphatic carboxylic acids is 1. The van der Waals surface area contributed by atoms with Crippen molar-refractivity contribution >= 4 is 22.8 Å². The summed E-state index contributed by atoms with van der Waals surface area (Å²) in [7, 11) is 0. The molecule has 2 aromatic rings. The van der Waals surface area contributed by atoms with Crippen LogP contribution in [-0.4, -0.2) is 39.5 Å². The number of hydrogen-bond acceptors (Lipinski definition) is 2. The molecule has 0 radical (unpaired) electrons. The second kappa shape index (κ2) is 5.11. The minimum Gasteiger partial charge on any atom is -0.480 e. The van der Waals surface area contributed by atoms with Crippen LogP contribution in [0.1, 0.15) is 35.3 Å². The highest BCUT2D eigenvalue weighted by Gasteiger charge is 2.49. The molecule has 0 spiro atoms. The van der Waals surface area contributed by atoms with Crippen molar-refractivity contribution in [3.05, 3.63) is 35.5 Å². The molecular weight excluding hydrogens is 292 g/mol. The summed E-state index contributed by atoms with van der Waals surface area (Å²) >= 11 is 0. The van der Waals surface area contributed by atoms with E-state index in [0.29, 0.717) is 18.2 Å². The van der Waals surface area contributed by atoms with Crippen LogP contribution in [0.2, 0.25) is 0 Å². The Morgan fingerprint density at radius 1 is 1.26 bits per heavy atom. The zero-order chi connectivity index (χ0) is 16.1. The van der Waals surface area contributed by atoms with Crippen molar-refractivity contribution in [3.63, 3.8) is 0 Å².